The number of morpholine rings is 1. The topological polar surface area (TPSA) is 164 Å². The monoisotopic (exact) mass is 892 g/mol. The minimum Gasteiger partial charge on any atom is -0.588 e. The maximum absolute atomic E-state index is 14.0. The van der Waals surface area contributed by atoms with Gasteiger partial charge in [-0.15, -0.1) is 0 Å². The highest BCUT2D eigenvalue weighted by Crippen LogP contribution is 2.44. The molecule has 0 bridgehead atoms. The highest BCUT2D eigenvalue weighted by molar-refractivity contribution is 7.90. The van der Waals surface area contributed by atoms with Crippen molar-refractivity contribution in [1.29, 1.82) is 0 Å². The molecule has 4 aliphatic rings. The van der Waals surface area contributed by atoms with Gasteiger partial charge in [-0.1, -0.05) is 49.2 Å². The molecule has 5 aromatic rings. The molecule has 2 saturated heterocycles. The number of hydrogen-bond acceptors (Lipinski definition) is 11. The number of rotatable bonds is 14. The van der Waals surface area contributed by atoms with E-state index in [1.807, 2.05) is 36.4 Å². The molecule has 2 aliphatic carbocycles. The lowest BCUT2D eigenvalue weighted by atomic mass is 9.72. The zero-order chi connectivity index (χ0) is 43.7. The summed E-state index contributed by atoms with van der Waals surface area (Å²) < 4.78 is 28.7. The number of imidazole rings is 1. The number of fused-ring (bicyclic) bond motifs is 1. The minimum atomic E-state index is -2.13. The van der Waals surface area contributed by atoms with Crippen molar-refractivity contribution < 1.29 is 23.7 Å². The van der Waals surface area contributed by atoms with Crippen molar-refractivity contribution in [3.05, 3.63) is 117 Å². The Morgan fingerprint density at radius 2 is 1.84 bits per heavy atom. The molecule has 3 fully saturated rings. The summed E-state index contributed by atoms with van der Waals surface area (Å²) >= 11 is 4.12. The molecule has 3 heterocycles. The van der Waals surface area contributed by atoms with Crippen molar-refractivity contribution in [2.75, 3.05) is 69.2 Å². The van der Waals surface area contributed by atoms with Crippen molar-refractivity contribution >= 4 is 62.5 Å². The summed E-state index contributed by atoms with van der Waals surface area (Å²) in [5, 5.41) is 16.1. The van der Waals surface area contributed by atoms with E-state index >= 15 is 0 Å². The highest BCUT2D eigenvalue weighted by atomic mass is 35.5. The predicted molar refractivity (Wildman–Crippen MR) is 247 cm³/mol. The van der Waals surface area contributed by atoms with E-state index < -0.39 is 22.2 Å². The van der Waals surface area contributed by atoms with Crippen LogP contribution >= 0.6 is 11.6 Å². The summed E-state index contributed by atoms with van der Waals surface area (Å²) in [6.07, 6.45) is 7.13. The Hall–Kier alpha value is -5.16. The average molecular weight is 894 g/mol. The molecular formula is C47H53ClN8O6S. The number of carbonyl (C=O) groups is 1. The maximum atomic E-state index is 14.0. The van der Waals surface area contributed by atoms with Gasteiger partial charge in [-0.3, -0.25) is 24.7 Å². The third-order valence-electron chi connectivity index (χ3n) is 12.7. The van der Waals surface area contributed by atoms with Gasteiger partial charge in [-0.25, -0.2) is 4.98 Å². The van der Waals surface area contributed by atoms with Gasteiger partial charge in [-0.2, -0.15) is 4.72 Å². The summed E-state index contributed by atoms with van der Waals surface area (Å²) in [7, 11) is 0. The van der Waals surface area contributed by atoms with Crippen LogP contribution in [0, 0.1) is 15.5 Å². The number of aromatic nitrogens is 2. The Bertz CT molecular complexity index is 2500. The largest absolute Gasteiger partial charge is 0.588 e. The number of aromatic amines is 1. The molecule has 0 radical (unpaired) electrons. The van der Waals surface area contributed by atoms with Crippen molar-refractivity contribution in [2.45, 2.75) is 63.0 Å². The SMILES string of the molecule is CC1(C)CCC(CN2CCN(c3ccc(C(=O)N[S+]([O-])c4ccc(NC[C@H]5CN(C6CC6)CCO5)c([N+](=O)[O-])c4)c(Oc4cccc5[nH]cnc45)c3)CC2)=C(c2ccc(Cl)cc2)C1. The fraction of sp³-hybridized carbons (Fsp3) is 0.404. The van der Waals surface area contributed by atoms with Crippen LogP contribution in [0.3, 0.4) is 0 Å². The van der Waals surface area contributed by atoms with Gasteiger partial charge in [0, 0.05) is 75.2 Å². The smallest absolute Gasteiger partial charge is 0.297 e. The number of allylic oxidation sites excluding steroid dienone is 1. The van der Waals surface area contributed by atoms with E-state index in [0.717, 1.165) is 81.3 Å². The molecule has 4 aromatic carbocycles. The first-order valence-corrected chi connectivity index (χ1v) is 23.3. The van der Waals surface area contributed by atoms with E-state index in [2.05, 4.69) is 60.7 Å². The molecule has 3 N–H and O–H groups in total. The van der Waals surface area contributed by atoms with E-state index in [0.29, 0.717) is 30.5 Å². The summed E-state index contributed by atoms with van der Waals surface area (Å²) in [6, 6.07) is 24.0. The Morgan fingerprint density at radius 1 is 1.03 bits per heavy atom. The number of H-pyrrole nitrogens is 1. The van der Waals surface area contributed by atoms with E-state index in [-0.39, 0.29) is 39.1 Å². The van der Waals surface area contributed by atoms with E-state index in [4.69, 9.17) is 21.1 Å². The van der Waals surface area contributed by atoms with Crippen molar-refractivity contribution in [1.82, 2.24) is 24.5 Å². The second kappa shape index (κ2) is 18.5. The Kier molecular flexibility index (Phi) is 12.7. The number of hydrogen-bond donors (Lipinski definition) is 3. The zero-order valence-electron chi connectivity index (χ0n) is 35.6. The van der Waals surface area contributed by atoms with Crippen molar-refractivity contribution in [2.24, 2.45) is 5.41 Å². The predicted octanol–water partition coefficient (Wildman–Crippen LogP) is 8.43. The second-order valence-corrected chi connectivity index (χ2v) is 19.4. The molecule has 1 unspecified atom stereocenters. The lowest BCUT2D eigenvalue weighted by Gasteiger charge is -2.39. The number of piperazine rings is 1. The maximum Gasteiger partial charge on any atom is 0.297 e. The standard InChI is InChI=1S/C47H53ClN8O6S/c1-47(2)17-16-32(39(26-47)31-6-8-33(48)9-7-31)28-53-18-20-54(21-19-53)35-12-14-38(44(24-35)62-43-5-3-4-41-45(43)51-30-50-41)46(57)52-63(60)37-13-15-40(42(25-37)56(58)59)49-27-36-29-55(22-23-61-36)34-10-11-34/h3-9,12-15,24-25,30,34,36,49H,10-11,16-23,26-29H2,1-2H3,(H,50,51)(H,52,57)/t36-,63?/m0/s1. The Morgan fingerprint density at radius 3 is 2.62 bits per heavy atom. The lowest BCUT2D eigenvalue weighted by Crippen LogP contribution is -2.47. The molecule has 9 rings (SSSR count). The summed E-state index contributed by atoms with van der Waals surface area (Å²) in [6.45, 7) is 11.6. The number of ether oxygens (including phenoxy) is 2. The molecule has 14 nitrogen and oxygen atoms in total. The Balaban J connectivity index is 0.901. The summed E-state index contributed by atoms with van der Waals surface area (Å²) in [5.74, 6) is 0.0518. The molecule has 16 heteroatoms. The van der Waals surface area contributed by atoms with Gasteiger partial charge < -0.3 is 29.2 Å². The molecule has 2 aliphatic heterocycles. The lowest BCUT2D eigenvalue weighted by molar-refractivity contribution is -0.384. The number of halogens is 1. The zero-order valence-corrected chi connectivity index (χ0v) is 37.2. The van der Waals surface area contributed by atoms with E-state index in [1.165, 1.54) is 47.8 Å². The van der Waals surface area contributed by atoms with Gasteiger partial charge in [0.05, 0.1) is 41.1 Å². The van der Waals surface area contributed by atoms with Crippen LogP contribution in [-0.4, -0.2) is 106 Å². The van der Waals surface area contributed by atoms with Gasteiger partial charge in [-0.05, 0) is 97.2 Å². The number of nitrogens with zero attached hydrogens (tertiary/aromatic N) is 5. The van der Waals surface area contributed by atoms with Crippen LogP contribution in [0.4, 0.5) is 17.1 Å². The minimum absolute atomic E-state index is 0.0839. The van der Waals surface area contributed by atoms with Gasteiger partial charge in [0.2, 0.25) is 0 Å². The number of benzene rings is 4. The van der Waals surface area contributed by atoms with Crippen LogP contribution in [0.5, 0.6) is 11.5 Å². The fourth-order valence-electron chi connectivity index (χ4n) is 9.00. The molecule has 1 saturated carbocycles. The first-order valence-electron chi connectivity index (χ1n) is 21.8. The van der Waals surface area contributed by atoms with E-state index in [1.54, 1.807) is 18.5 Å². The Labute approximate surface area is 375 Å². The average Bonchev–Trinajstić information content (AvgIpc) is 4.03. The van der Waals surface area contributed by atoms with Crippen molar-refractivity contribution in [3.8, 4) is 11.5 Å². The molecular weight excluding hydrogens is 840 g/mol. The van der Waals surface area contributed by atoms with Crippen LogP contribution in [0.15, 0.2) is 95.7 Å². The number of amides is 1. The number of nitro benzene ring substituents is 1. The summed E-state index contributed by atoms with van der Waals surface area (Å²) in [4.78, 5) is 40.5. The number of para-hydroxylation sites is 1. The van der Waals surface area contributed by atoms with Crippen LogP contribution in [0.25, 0.3) is 16.6 Å². The third kappa shape index (κ3) is 10.1. The van der Waals surface area contributed by atoms with Crippen LogP contribution < -0.4 is 19.7 Å². The van der Waals surface area contributed by atoms with E-state index in [9.17, 15) is 19.5 Å². The number of carbonyl (C=O) groups excluding carboxylic acids is 1. The molecule has 0 spiro atoms. The van der Waals surface area contributed by atoms with Crippen molar-refractivity contribution in [3.63, 3.8) is 0 Å². The molecule has 1 aromatic heterocycles. The number of nitrogens with one attached hydrogen (secondary N) is 3. The first kappa shape index (κ1) is 43.1. The number of anilines is 2. The first-order chi connectivity index (χ1) is 30.5. The molecule has 1 amide bonds. The van der Waals surface area contributed by atoms with Gasteiger partial charge in [0.1, 0.15) is 28.3 Å². The number of nitro groups is 1. The second-order valence-electron chi connectivity index (χ2n) is 17.8. The van der Waals surface area contributed by atoms with Crippen LogP contribution in [-0.2, 0) is 16.1 Å². The molecule has 330 valence electrons. The quantitative estimate of drug-likeness (QED) is 0.0557. The normalized spacial score (nSPS) is 20.1. The fourth-order valence-corrected chi connectivity index (χ4v) is 9.94. The summed E-state index contributed by atoms with van der Waals surface area (Å²) in [5.41, 5.74) is 6.87. The molecule has 63 heavy (non-hydrogen) atoms. The highest BCUT2D eigenvalue weighted by Gasteiger charge is 2.34. The van der Waals surface area contributed by atoms with Gasteiger partial charge in [0.25, 0.3) is 11.6 Å². The third-order valence-corrected chi connectivity index (χ3v) is 14.0. The van der Waals surface area contributed by atoms with Crippen LogP contribution in [0.1, 0.15) is 61.9 Å². The van der Waals surface area contributed by atoms with Gasteiger partial charge in [0.15, 0.2) is 10.6 Å². The molecule has 2 atom stereocenters. The van der Waals surface area contributed by atoms with Gasteiger partial charge >= 0.3 is 0 Å². The van der Waals surface area contributed by atoms with Crippen LogP contribution in [0.2, 0.25) is 5.02 Å².